The molecule has 0 saturated heterocycles. The molecule has 5 aromatic rings. The highest BCUT2D eigenvalue weighted by Crippen LogP contribution is 2.31. The number of anilines is 2. The number of rotatable bonds is 10. The van der Waals surface area contributed by atoms with Crippen molar-refractivity contribution in [2.24, 2.45) is 0 Å². The van der Waals surface area contributed by atoms with Gasteiger partial charge in [-0.15, -0.1) is 23.1 Å². The second kappa shape index (κ2) is 15.0. The number of amides is 3. The molecule has 0 spiro atoms. The predicted octanol–water partition coefficient (Wildman–Crippen LogP) is 8.65. The topological polar surface area (TPSA) is 100 Å². The fourth-order valence-electron chi connectivity index (χ4n) is 4.11. The molecule has 1 heterocycles. The summed E-state index contributed by atoms with van der Waals surface area (Å²) < 4.78 is 0. The number of hydrogen-bond acceptors (Lipinski definition) is 6. The molecule has 0 fully saturated rings. The summed E-state index contributed by atoms with van der Waals surface area (Å²) in [5.74, 6) is -1.12. The van der Waals surface area contributed by atoms with Crippen LogP contribution in [0.2, 0.25) is 10.0 Å². The van der Waals surface area contributed by atoms with Crippen LogP contribution in [0, 0.1) is 0 Å². The molecule has 1 aromatic heterocycles. The van der Waals surface area contributed by atoms with Crippen LogP contribution in [0.3, 0.4) is 0 Å². The minimum Gasteiger partial charge on any atom is -0.321 e. The highest BCUT2D eigenvalue weighted by Gasteiger charge is 2.18. The first-order valence-corrected chi connectivity index (χ1v) is 16.2. The Kier molecular flexibility index (Phi) is 10.7. The molecular weight excluding hydrogens is 647 g/mol. The van der Waals surface area contributed by atoms with Crippen molar-refractivity contribution < 1.29 is 14.4 Å². The molecule has 11 heteroatoms. The van der Waals surface area contributed by atoms with Crippen molar-refractivity contribution in [1.82, 2.24) is 10.3 Å². The number of thioether (sulfide) groups is 1. The normalized spacial score (nSPS) is 11.8. The molecule has 0 saturated carbocycles. The zero-order chi connectivity index (χ0) is 31.8. The second-order valence-electron chi connectivity index (χ2n) is 9.68. The highest BCUT2D eigenvalue weighted by molar-refractivity contribution is 8.00. The molecular formula is C34H26Cl2N4O3S2. The molecule has 1 atom stereocenters. The van der Waals surface area contributed by atoms with Crippen molar-refractivity contribution >= 4 is 80.9 Å². The number of nitrogens with one attached hydrogen (secondary N) is 3. The maximum absolute atomic E-state index is 13.3. The monoisotopic (exact) mass is 672 g/mol. The fraction of sp³-hybridized carbons (Fsp3) is 0.0588. The summed E-state index contributed by atoms with van der Waals surface area (Å²) in [6.45, 7) is 1.81. The zero-order valence-corrected chi connectivity index (χ0v) is 26.9. The van der Waals surface area contributed by atoms with E-state index < -0.39 is 17.1 Å². The van der Waals surface area contributed by atoms with E-state index in [1.54, 1.807) is 85.8 Å². The number of carbonyl (C=O) groups excluding carboxylic acids is 3. The molecule has 4 aromatic carbocycles. The average Bonchev–Trinajstić information content (AvgIpc) is 3.50. The van der Waals surface area contributed by atoms with E-state index in [0.29, 0.717) is 37.7 Å². The number of thiazole rings is 1. The van der Waals surface area contributed by atoms with Crippen LogP contribution in [0.25, 0.3) is 17.3 Å². The molecule has 0 radical (unpaired) electrons. The van der Waals surface area contributed by atoms with Gasteiger partial charge >= 0.3 is 0 Å². The summed E-state index contributed by atoms with van der Waals surface area (Å²) in [5.41, 5.74) is 3.13. The number of aromatic nitrogens is 1. The van der Waals surface area contributed by atoms with Gasteiger partial charge in [0.15, 0.2) is 5.13 Å². The van der Waals surface area contributed by atoms with Crippen molar-refractivity contribution in [2.75, 3.05) is 10.6 Å². The smallest absolute Gasteiger partial charge is 0.272 e. The molecule has 0 aliphatic carbocycles. The highest BCUT2D eigenvalue weighted by atomic mass is 35.5. The van der Waals surface area contributed by atoms with Gasteiger partial charge in [-0.2, -0.15) is 0 Å². The molecule has 5 rings (SSSR count). The van der Waals surface area contributed by atoms with Crippen LogP contribution in [0.1, 0.15) is 22.8 Å². The lowest BCUT2D eigenvalue weighted by Gasteiger charge is -2.13. The van der Waals surface area contributed by atoms with Gasteiger partial charge in [0.1, 0.15) is 5.70 Å². The maximum Gasteiger partial charge on any atom is 0.272 e. The Hall–Kier alpha value is -4.41. The first-order chi connectivity index (χ1) is 21.7. The molecule has 3 N–H and O–H groups in total. The number of carbonyl (C=O) groups is 3. The van der Waals surface area contributed by atoms with E-state index in [1.165, 1.54) is 23.1 Å². The number of nitrogens with zero attached hydrogens (tertiary/aromatic N) is 1. The summed E-state index contributed by atoms with van der Waals surface area (Å²) in [4.78, 5) is 44.4. The molecule has 1 unspecified atom stereocenters. The number of hydrogen-bond donors (Lipinski definition) is 3. The molecule has 7 nitrogen and oxygen atoms in total. The van der Waals surface area contributed by atoms with Crippen molar-refractivity contribution in [3.63, 3.8) is 0 Å². The molecule has 0 aliphatic rings. The van der Waals surface area contributed by atoms with Crippen LogP contribution in [0.5, 0.6) is 0 Å². The van der Waals surface area contributed by atoms with Gasteiger partial charge < -0.3 is 16.0 Å². The van der Waals surface area contributed by atoms with E-state index in [0.717, 1.165) is 10.5 Å². The molecule has 0 aliphatic heterocycles. The lowest BCUT2D eigenvalue weighted by atomic mass is 10.1. The Morgan fingerprint density at radius 2 is 1.60 bits per heavy atom. The Morgan fingerprint density at radius 3 is 2.33 bits per heavy atom. The maximum atomic E-state index is 13.3. The standard InChI is InChI=1S/C34H26Cl2N4O3S2/c1-21(31(41)40-34-39-30(20-44-34)27-12-5-6-13-28(27)36)45-26-16-14-25(15-17-26)37-33(43)29(19-22-8-7-11-24(35)18-22)38-32(42)23-9-3-2-4-10-23/h2-21H,1H3,(H,37,43)(H,38,42)(H,39,40,41)/b29-19-. The molecule has 3 amide bonds. The lowest BCUT2D eigenvalue weighted by molar-refractivity contribution is -0.115. The van der Waals surface area contributed by atoms with E-state index in [2.05, 4.69) is 20.9 Å². The van der Waals surface area contributed by atoms with Crippen molar-refractivity contribution in [1.29, 1.82) is 0 Å². The van der Waals surface area contributed by atoms with Gasteiger partial charge in [-0.05, 0) is 73.2 Å². The molecule has 226 valence electrons. The van der Waals surface area contributed by atoms with Crippen LogP contribution in [-0.2, 0) is 9.59 Å². The van der Waals surface area contributed by atoms with Gasteiger partial charge in [-0.25, -0.2) is 4.98 Å². The largest absolute Gasteiger partial charge is 0.321 e. The number of benzene rings is 4. The Balaban J connectivity index is 1.21. The van der Waals surface area contributed by atoms with Gasteiger partial charge in [0.2, 0.25) is 5.91 Å². The van der Waals surface area contributed by atoms with Crippen molar-refractivity contribution in [3.8, 4) is 11.3 Å². The third-order valence-corrected chi connectivity index (χ3v) is 8.80. The second-order valence-corrected chi connectivity index (χ2v) is 12.8. The third-order valence-electron chi connectivity index (χ3n) is 6.37. The summed E-state index contributed by atoms with van der Waals surface area (Å²) in [5, 5.41) is 11.4. The summed E-state index contributed by atoms with van der Waals surface area (Å²) in [6, 6.07) is 30.1. The van der Waals surface area contributed by atoms with E-state index in [-0.39, 0.29) is 11.6 Å². The summed E-state index contributed by atoms with van der Waals surface area (Å²) in [7, 11) is 0. The van der Waals surface area contributed by atoms with Crippen LogP contribution in [0.15, 0.2) is 119 Å². The van der Waals surface area contributed by atoms with Crippen LogP contribution < -0.4 is 16.0 Å². The average molecular weight is 674 g/mol. The van der Waals surface area contributed by atoms with E-state index in [9.17, 15) is 14.4 Å². The van der Waals surface area contributed by atoms with E-state index in [1.807, 2.05) is 35.7 Å². The van der Waals surface area contributed by atoms with Gasteiger partial charge in [0.25, 0.3) is 11.8 Å². The lowest BCUT2D eigenvalue weighted by Crippen LogP contribution is -2.30. The Labute approximate surface area is 278 Å². The third kappa shape index (κ3) is 8.83. The van der Waals surface area contributed by atoms with Crippen LogP contribution in [0.4, 0.5) is 10.8 Å². The predicted molar refractivity (Wildman–Crippen MR) is 185 cm³/mol. The van der Waals surface area contributed by atoms with Gasteiger partial charge in [0, 0.05) is 37.1 Å². The van der Waals surface area contributed by atoms with Crippen LogP contribution in [-0.4, -0.2) is 28.0 Å². The van der Waals surface area contributed by atoms with E-state index >= 15 is 0 Å². The SMILES string of the molecule is CC(Sc1ccc(NC(=O)/C(=C/c2cccc(Cl)c2)NC(=O)c2ccccc2)cc1)C(=O)Nc1nc(-c2ccccc2Cl)cs1. The molecule has 0 bridgehead atoms. The summed E-state index contributed by atoms with van der Waals surface area (Å²) >= 11 is 15.1. The minimum absolute atomic E-state index is 0.0507. The zero-order valence-electron chi connectivity index (χ0n) is 23.8. The summed E-state index contributed by atoms with van der Waals surface area (Å²) in [6.07, 6.45) is 1.56. The number of halogens is 2. The quantitative estimate of drug-likeness (QED) is 0.102. The van der Waals surface area contributed by atoms with Gasteiger partial charge in [-0.3, -0.25) is 14.4 Å². The Morgan fingerprint density at radius 1 is 0.867 bits per heavy atom. The minimum atomic E-state index is -0.507. The van der Waals surface area contributed by atoms with Crippen LogP contribution >= 0.6 is 46.3 Å². The first kappa shape index (κ1) is 32.0. The van der Waals surface area contributed by atoms with Gasteiger partial charge in [0.05, 0.1) is 10.9 Å². The fourth-order valence-corrected chi connectivity index (χ4v) is 6.12. The van der Waals surface area contributed by atoms with E-state index in [4.69, 9.17) is 23.2 Å². The van der Waals surface area contributed by atoms with Gasteiger partial charge in [-0.1, -0.05) is 71.7 Å². The van der Waals surface area contributed by atoms with Crippen molar-refractivity contribution in [3.05, 3.63) is 135 Å². The Bertz CT molecular complexity index is 1860. The van der Waals surface area contributed by atoms with Crippen molar-refractivity contribution in [2.45, 2.75) is 17.1 Å². The first-order valence-electron chi connectivity index (χ1n) is 13.7. The molecule has 45 heavy (non-hydrogen) atoms.